The molecule has 14 heteroatoms. The predicted octanol–water partition coefficient (Wildman–Crippen LogP) is 3.99. The van der Waals surface area contributed by atoms with Crippen molar-refractivity contribution in [3.63, 3.8) is 0 Å². The summed E-state index contributed by atoms with van der Waals surface area (Å²) in [5.41, 5.74) is -2.18. The van der Waals surface area contributed by atoms with Crippen LogP contribution in [0.2, 0.25) is 10.0 Å². The van der Waals surface area contributed by atoms with Gasteiger partial charge in [0.05, 0.1) is 23.0 Å². The number of rotatable bonds is 9. The van der Waals surface area contributed by atoms with Crippen LogP contribution in [-0.4, -0.2) is 44.8 Å². The van der Waals surface area contributed by atoms with E-state index < -0.39 is 29.2 Å². The maximum absolute atomic E-state index is 13.1. The Balaban J connectivity index is 1.59. The molecule has 1 aliphatic carbocycles. The minimum Gasteiger partial charge on any atom is -0.404 e. The van der Waals surface area contributed by atoms with Crippen LogP contribution in [-0.2, 0) is 11.2 Å². The Morgan fingerprint density at radius 2 is 1.92 bits per heavy atom. The number of hydrogen-bond donors (Lipinski definition) is 2. The van der Waals surface area contributed by atoms with Gasteiger partial charge >= 0.3 is 6.36 Å². The van der Waals surface area contributed by atoms with E-state index in [1.165, 1.54) is 23.1 Å². The molecule has 1 fully saturated rings. The maximum atomic E-state index is 13.1. The van der Waals surface area contributed by atoms with E-state index in [1.807, 2.05) is 0 Å². The third kappa shape index (κ3) is 6.37. The zero-order valence-electron chi connectivity index (χ0n) is 18.7. The van der Waals surface area contributed by atoms with Crippen LogP contribution in [0.4, 0.5) is 13.2 Å². The Morgan fingerprint density at radius 3 is 2.49 bits per heavy atom. The highest BCUT2D eigenvalue weighted by Gasteiger charge is 2.50. The smallest absolute Gasteiger partial charge is 0.404 e. The number of aldehydes is 1. The Hall–Kier alpha value is -3.66. The molecule has 0 radical (unpaired) electrons. The molecule has 2 aromatic carbocycles. The molecule has 0 aliphatic heterocycles. The lowest BCUT2D eigenvalue weighted by Crippen LogP contribution is -2.65. The summed E-state index contributed by atoms with van der Waals surface area (Å²) in [7, 11) is 0. The fraction of sp³-hybridized carbons (Fsp3) is 0.261. The highest BCUT2D eigenvalue weighted by molar-refractivity contribution is 6.32. The van der Waals surface area contributed by atoms with Crippen molar-refractivity contribution in [2.24, 2.45) is 0 Å². The lowest BCUT2D eigenvalue weighted by molar-refractivity contribution is -0.274. The SMILES string of the molecule is N#CC1(N[C@@](C=O)(Cc2ccc(OC(F)(F)F)c(Cl)c2)NC(=O)c2cnn(-c3ccc(Cl)cc3)n2)CC1. The molecule has 0 unspecified atom stereocenters. The first kappa shape index (κ1) is 26.4. The number of ether oxygens (including phenoxy) is 1. The van der Waals surface area contributed by atoms with E-state index in [0.29, 0.717) is 29.8 Å². The molecule has 1 amide bonds. The Labute approximate surface area is 218 Å². The lowest BCUT2D eigenvalue weighted by atomic mass is 9.98. The van der Waals surface area contributed by atoms with Gasteiger partial charge in [0, 0.05) is 11.4 Å². The van der Waals surface area contributed by atoms with Gasteiger partial charge in [0.15, 0.2) is 17.6 Å². The van der Waals surface area contributed by atoms with Crippen LogP contribution in [0.25, 0.3) is 5.69 Å². The van der Waals surface area contributed by atoms with Crippen molar-refractivity contribution in [2.45, 2.75) is 36.8 Å². The first-order valence-corrected chi connectivity index (χ1v) is 11.4. The van der Waals surface area contributed by atoms with Gasteiger partial charge in [-0.1, -0.05) is 29.3 Å². The number of nitriles is 1. The van der Waals surface area contributed by atoms with Crippen LogP contribution in [0.15, 0.2) is 48.7 Å². The monoisotopic (exact) mass is 552 g/mol. The lowest BCUT2D eigenvalue weighted by Gasteiger charge is -2.32. The van der Waals surface area contributed by atoms with Crippen LogP contribution < -0.4 is 15.4 Å². The summed E-state index contributed by atoms with van der Waals surface area (Å²) in [5, 5.41) is 23.3. The van der Waals surface area contributed by atoms with Crippen LogP contribution in [0, 0.1) is 11.3 Å². The van der Waals surface area contributed by atoms with Crippen molar-refractivity contribution in [1.29, 1.82) is 5.26 Å². The number of nitrogens with zero attached hydrogens (tertiary/aromatic N) is 4. The first-order valence-electron chi connectivity index (χ1n) is 10.7. The molecule has 1 aliphatic rings. The highest BCUT2D eigenvalue weighted by atomic mass is 35.5. The highest BCUT2D eigenvalue weighted by Crippen LogP contribution is 2.37. The van der Waals surface area contributed by atoms with E-state index in [0.717, 1.165) is 6.07 Å². The predicted molar refractivity (Wildman–Crippen MR) is 125 cm³/mol. The van der Waals surface area contributed by atoms with Crippen LogP contribution >= 0.6 is 23.2 Å². The molecule has 3 aromatic rings. The second-order valence-electron chi connectivity index (χ2n) is 8.35. The molecule has 4 rings (SSSR count). The van der Waals surface area contributed by atoms with Crippen molar-refractivity contribution in [1.82, 2.24) is 25.6 Å². The summed E-state index contributed by atoms with van der Waals surface area (Å²) in [6.45, 7) is 0. The van der Waals surface area contributed by atoms with E-state index in [4.69, 9.17) is 23.2 Å². The largest absolute Gasteiger partial charge is 0.573 e. The Bertz CT molecular complexity index is 1370. The third-order valence-electron chi connectivity index (χ3n) is 5.45. The average molecular weight is 553 g/mol. The van der Waals surface area contributed by atoms with Crippen molar-refractivity contribution in [2.75, 3.05) is 0 Å². The summed E-state index contributed by atoms with van der Waals surface area (Å²) in [5.74, 6) is -1.40. The van der Waals surface area contributed by atoms with Gasteiger partial charge in [-0.3, -0.25) is 14.9 Å². The first-order chi connectivity index (χ1) is 17.5. The maximum Gasteiger partial charge on any atom is 0.573 e. The van der Waals surface area contributed by atoms with Gasteiger partial charge in [0.1, 0.15) is 11.3 Å². The number of amides is 1. The topological polar surface area (TPSA) is 122 Å². The quantitative estimate of drug-likeness (QED) is 0.304. The average Bonchev–Trinajstić information content (AvgIpc) is 3.42. The zero-order chi connectivity index (χ0) is 26.8. The standard InChI is InChI=1S/C23H17Cl2F3N6O3/c24-15-2-4-16(5-3-15)34-30-11-18(32-34)20(36)31-22(13-35,33-21(12-29)7-8-21)10-14-1-6-19(17(25)9-14)37-23(26,27)28/h1-6,9,11,13,33H,7-8,10H2,(H,31,36)/t22-/m1/s1. The molecule has 1 aromatic heterocycles. The molecular weight excluding hydrogens is 536 g/mol. The number of carbonyl (C=O) groups is 2. The van der Waals surface area contributed by atoms with Crippen molar-refractivity contribution < 1.29 is 27.5 Å². The summed E-state index contributed by atoms with van der Waals surface area (Å²) in [4.78, 5) is 26.6. The van der Waals surface area contributed by atoms with Gasteiger partial charge in [-0.2, -0.15) is 15.2 Å². The van der Waals surface area contributed by atoms with E-state index in [-0.39, 0.29) is 22.7 Å². The molecular formula is C23H17Cl2F3N6O3. The molecule has 0 spiro atoms. The summed E-state index contributed by atoms with van der Waals surface area (Å²) < 4.78 is 41.6. The minimum absolute atomic E-state index is 0.128. The van der Waals surface area contributed by atoms with E-state index >= 15 is 0 Å². The number of halogens is 5. The number of alkyl halides is 3. The summed E-state index contributed by atoms with van der Waals surface area (Å²) >= 11 is 11.8. The normalized spacial score (nSPS) is 15.8. The minimum atomic E-state index is -4.94. The van der Waals surface area contributed by atoms with Crippen LogP contribution in [0.1, 0.15) is 28.9 Å². The van der Waals surface area contributed by atoms with Gasteiger partial charge in [-0.15, -0.1) is 18.3 Å². The number of aromatic nitrogens is 3. The fourth-order valence-corrected chi connectivity index (χ4v) is 3.92. The van der Waals surface area contributed by atoms with Gasteiger partial charge in [-0.25, -0.2) is 0 Å². The molecule has 192 valence electrons. The summed E-state index contributed by atoms with van der Waals surface area (Å²) in [6.07, 6.45) is -2.72. The summed E-state index contributed by atoms with van der Waals surface area (Å²) in [6, 6.07) is 12.0. The van der Waals surface area contributed by atoms with Crippen molar-refractivity contribution in [3.05, 3.63) is 70.0 Å². The Morgan fingerprint density at radius 1 is 1.22 bits per heavy atom. The molecule has 1 saturated carbocycles. The van der Waals surface area contributed by atoms with Gasteiger partial charge < -0.3 is 10.1 Å². The van der Waals surface area contributed by atoms with Gasteiger partial charge in [-0.05, 0) is 54.8 Å². The number of benzene rings is 2. The van der Waals surface area contributed by atoms with Crippen LogP contribution in [0.3, 0.4) is 0 Å². The van der Waals surface area contributed by atoms with Crippen molar-refractivity contribution >= 4 is 35.4 Å². The molecule has 37 heavy (non-hydrogen) atoms. The molecule has 1 heterocycles. The fourth-order valence-electron chi connectivity index (χ4n) is 3.55. The molecule has 9 nitrogen and oxygen atoms in total. The number of carbonyl (C=O) groups excluding carboxylic acids is 2. The molecule has 2 N–H and O–H groups in total. The second-order valence-corrected chi connectivity index (χ2v) is 9.19. The van der Waals surface area contributed by atoms with E-state index in [1.54, 1.807) is 24.3 Å². The third-order valence-corrected chi connectivity index (χ3v) is 6.00. The zero-order valence-corrected chi connectivity index (χ0v) is 20.2. The second kappa shape index (κ2) is 10.0. The molecule has 0 saturated heterocycles. The van der Waals surface area contributed by atoms with Crippen molar-refractivity contribution in [3.8, 4) is 17.5 Å². The van der Waals surface area contributed by atoms with E-state index in [9.17, 15) is 28.0 Å². The van der Waals surface area contributed by atoms with E-state index in [2.05, 4.69) is 31.6 Å². The van der Waals surface area contributed by atoms with Gasteiger partial charge in [0.25, 0.3) is 5.91 Å². The number of hydrogen-bond acceptors (Lipinski definition) is 7. The van der Waals surface area contributed by atoms with Crippen LogP contribution in [0.5, 0.6) is 5.75 Å². The molecule has 0 bridgehead atoms. The number of nitrogens with one attached hydrogen (secondary N) is 2. The van der Waals surface area contributed by atoms with Gasteiger partial charge in [0.2, 0.25) is 0 Å². The Kier molecular flexibility index (Phi) is 7.14. The molecule has 1 atom stereocenters.